The van der Waals surface area contributed by atoms with Crippen LogP contribution in [0, 0.1) is 0 Å². The van der Waals surface area contributed by atoms with E-state index >= 15 is 0 Å². The second-order valence-electron chi connectivity index (χ2n) is 0.408. The van der Waals surface area contributed by atoms with Crippen molar-refractivity contribution in [2.24, 2.45) is 5.73 Å². The standard InChI is InChI=1S/C2H7N.3FH/c1-2-3;;;/h2-3H2,1H3;3*1H. The Balaban J connectivity index is -0.00000000667. The monoisotopic (exact) mass is 105 g/mol. The maximum absolute atomic E-state index is 4.85. The highest BCUT2D eigenvalue weighted by molar-refractivity contribution is 4.00. The number of rotatable bonds is 0. The summed E-state index contributed by atoms with van der Waals surface area (Å²) in [6.07, 6.45) is 0. The number of nitrogens with two attached hydrogens (primary N) is 1. The fourth-order valence-electron chi connectivity index (χ4n) is 0. The molecule has 6 heavy (non-hydrogen) atoms. The second-order valence-corrected chi connectivity index (χ2v) is 0.408. The van der Waals surface area contributed by atoms with E-state index in [0.717, 1.165) is 6.54 Å². The first-order valence-electron chi connectivity index (χ1n) is 1.12. The molecule has 0 aromatic rings. The van der Waals surface area contributed by atoms with Crippen molar-refractivity contribution >= 4 is 0 Å². The summed E-state index contributed by atoms with van der Waals surface area (Å²) in [4.78, 5) is 0. The van der Waals surface area contributed by atoms with E-state index in [2.05, 4.69) is 0 Å². The molecule has 0 radical (unpaired) electrons. The molecule has 0 amide bonds. The van der Waals surface area contributed by atoms with E-state index in [-0.39, 0.29) is 14.1 Å². The third kappa shape index (κ3) is 454. The Morgan fingerprint density at radius 1 is 1.17 bits per heavy atom. The van der Waals surface area contributed by atoms with Gasteiger partial charge in [-0.15, -0.1) is 0 Å². The van der Waals surface area contributed by atoms with Gasteiger partial charge in [0, 0.05) is 0 Å². The normalized spacial score (nSPS) is 3.00. The molecule has 0 atom stereocenters. The van der Waals surface area contributed by atoms with Crippen LogP contribution in [0.2, 0.25) is 0 Å². The molecule has 0 aromatic heterocycles. The first-order valence-corrected chi connectivity index (χ1v) is 1.12. The van der Waals surface area contributed by atoms with Gasteiger partial charge >= 0.3 is 0 Å². The molecule has 0 fully saturated rings. The SMILES string of the molecule is CCN.F.F.F. The molecule has 0 rings (SSSR count). The average Bonchev–Trinajstić information content (AvgIpc) is 0.918. The molecule has 2 N–H and O–H groups in total. The third-order valence-electron chi connectivity index (χ3n) is 0. The molecular formula is C2H10F3N. The van der Waals surface area contributed by atoms with Crippen molar-refractivity contribution in [3.8, 4) is 0 Å². The number of hydrogen-bond donors (Lipinski definition) is 1. The Kier molecular flexibility index (Phi) is 838. The predicted octanol–water partition coefficient (Wildman–Crippen LogP) is 0.423. The minimum atomic E-state index is 0. The summed E-state index contributed by atoms with van der Waals surface area (Å²) < 4.78 is 0. The second kappa shape index (κ2) is 119. The predicted molar refractivity (Wildman–Crippen MR) is 22.2 cm³/mol. The lowest BCUT2D eigenvalue weighted by atomic mass is 10.8. The van der Waals surface area contributed by atoms with Gasteiger partial charge in [0.1, 0.15) is 0 Å². The lowest BCUT2D eigenvalue weighted by Crippen LogP contribution is -1.87. The van der Waals surface area contributed by atoms with Crippen LogP contribution in [0.5, 0.6) is 0 Å². The maximum Gasteiger partial charge on any atom is -0.0106 e. The molecule has 0 saturated carbocycles. The summed E-state index contributed by atoms with van der Waals surface area (Å²) in [6, 6.07) is 0. The zero-order valence-electron chi connectivity index (χ0n) is 3.51. The van der Waals surface area contributed by atoms with E-state index in [9.17, 15) is 0 Å². The zero-order valence-corrected chi connectivity index (χ0v) is 3.51. The van der Waals surface area contributed by atoms with Crippen molar-refractivity contribution in [2.75, 3.05) is 6.54 Å². The van der Waals surface area contributed by atoms with Gasteiger partial charge in [-0.2, -0.15) is 0 Å². The summed E-state index contributed by atoms with van der Waals surface area (Å²) in [5.41, 5.74) is 4.85. The minimum Gasteiger partial charge on any atom is -0.331 e. The van der Waals surface area contributed by atoms with Crippen molar-refractivity contribution in [1.82, 2.24) is 0 Å². The van der Waals surface area contributed by atoms with Gasteiger partial charge in [0.15, 0.2) is 0 Å². The highest BCUT2D eigenvalue weighted by atomic mass is 19.0. The smallest absolute Gasteiger partial charge is 0.0106 e. The molecule has 0 spiro atoms. The topological polar surface area (TPSA) is 26.0 Å². The van der Waals surface area contributed by atoms with Crippen LogP contribution < -0.4 is 5.73 Å². The van der Waals surface area contributed by atoms with Gasteiger partial charge in [0.25, 0.3) is 0 Å². The fraction of sp³-hybridized carbons (Fsp3) is 1.00. The summed E-state index contributed by atoms with van der Waals surface area (Å²) >= 11 is 0. The van der Waals surface area contributed by atoms with Crippen molar-refractivity contribution in [3.05, 3.63) is 0 Å². The van der Waals surface area contributed by atoms with Crippen molar-refractivity contribution in [1.29, 1.82) is 0 Å². The quantitative estimate of drug-likeness (QED) is 0.474. The first kappa shape index (κ1) is 42.4. The van der Waals surface area contributed by atoms with Gasteiger partial charge < -0.3 is 5.73 Å². The molecule has 0 bridgehead atoms. The molecule has 0 heterocycles. The minimum absolute atomic E-state index is 0. The molecule has 4 heteroatoms. The van der Waals surface area contributed by atoms with E-state index in [1.807, 2.05) is 6.92 Å². The van der Waals surface area contributed by atoms with Crippen molar-refractivity contribution in [3.63, 3.8) is 0 Å². The molecule has 1 nitrogen and oxygen atoms in total. The molecule has 0 saturated heterocycles. The first-order chi connectivity index (χ1) is 1.41. The Hall–Kier alpha value is -0.250. The zero-order chi connectivity index (χ0) is 2.71. The molecule has 0 unspecified atom stereocenters. The molecule has 44 valence electrons. The Morgan fingerprint density at radius 2 is 1.17 bits per heavy atom. The fourth-order valence-corrected chi connectivity index (χ4v) is 0. The summed E-state index contributed by atoms with van der Waals surface area (Å²) in [5.74, 6) is 0. The molecule has 0 aromatic carbocycles. The van der Waals surface area contributed by atoms with E-state index in [1.165, 1.54) is 0 Å². The van der Waals surface area contributed by atoms with Crippen molar-refractivity contribution in [2.45, 2.75) is 6.92 Å². The summed E-state index contributed by atoms with van der Waals surface area (Å²) in [6.45, 7) is 2.65. The van der Waals surface area contributed by atoms with Crippen molar-refractivity contribution < 1.29 is 14.1 Å². The van der Waals surface area contributed by atoms with Crippen LogP contribution in [0.4, 0.5) is 14.1 Å². The Labute approximate surface area is 34.6 Å². The molecule has 0 aliphatic carbocycles. The van der Waals surface area contributed by atoms with E-state index in [4.69, 9.17) is 5.73 Å². The van der Waals surface area contributed by atoms with Crippen LogP contribution in [0.25, 0.3) is 0 Å². The van der Waals surface area contributed by atoms with Gasteiger partial charge in [-0.1, -0.05) is 6.92 Å². The highest BCUT2D eigenvalue weighted by Gasteiger charge is 1.32. The molecule has 0 aliphatic rings. The van der Waals surface area contributed by atoms with E-state index in [0.29, 0.717) is 0 Å². The number of hydrogen-bond acceptors (Lipinski definition) is 1. The lowest BCUT2D eigenvalue weighted by molar-refractivity contribution is 1.11. The highest BCUT2D eigenvalue weighted by Crippen LogP contribution is 1.20. The Bertz CT molecular complexity index is 8.75. The van der Waals surface area contributed by atoms with Gasteiger partial charge in [-0.3, -0.25) is 14.1 Å². The van der Waals surface area contributed by atoms with Gasteiger partial charge in [-0.25, -0.2) is 0 Å². The van der Waals surface area contributed by atoms with Crippen LogP contribution in [0.3, 0.4) is 0 Å². The van der Waals surface area contributed by atoms with E-state index in [1.54, 1.807) is 0 Å². The maximum atomic E-state index is 4.85. The molecule has 0 aliphatic heterocycles. The summed E-state index contributed by atoms with van der Waals surface area (Å²) in [7, 11) is 0. The van der Waals surface area contributed by atoms with Gasteiger partial charge in [0.05, 0.1) is 0 Å². The summed E-state index contributed by atoms with van der Waals surface area (Å²) in [5, 5.41) is 0. The van der Waals surface area contributed by atoms with Gasteiger partial charge in [0.2, 0.25) is 0 Å². The van der Waals surface area contributed by atoms with Crippen LogP contribution in [-0.4, -0.2) is 6.54 Å². The average molecular weight is 105 g/mol. The largest absolute Gasteiger partial charge is 0.331 e. The van der Waals surface area contributed by atoms with Crippen LogP contribution in [0.1, 0.15) is 6.92 Å². The third-order valence-corrected chi connectivity index (χ3v) is 0. The van der Waals surface area contributed by atoms with Crippen LogP contribution in [0.15, 0.2) is 0 Å². The van der Waals surface area contributed by atoms with Gasteiger partial charge in [-0.05, 0) is 6.54 Å². The lowest BCUT2D eigenvalue weighted by Gasteiger charge is -1.53. The van der Waals surface area contributed by atoms with Crippen LogP contribution >= 0.6 is 0 Å². The Morgan fingerprint density at radius 3 is 1.17 bits per heavy atom. The van der Waals surface area contributed by atoms with Crippen LogP contribution in [-0.2, 0) is 0 Å². The number of halogens is 3. The molecular weight excluding hydrogens is 95.0 g/mol. The van der Waals surface area contributed by atoms with E-state index < -0.39 is 0 Å².